The average molecular weight is 191 g/mol. The monoisotopic (exact) mass is 191 g/mol. The van der Waals surface area contributed by atoms with Crippen molar-refractivity contribution in [1.82, 2.24) is 0 Å². The van der Waals surface area contributed by atoms with Crippen LogP contribution in [0.15, 0.2) is 36.9 Å². The number of nitro benzene ring substituents is 1. The van der Waals surface area contributed by atoms with E-state index < -0.39 is 10.8 Å². The van der Waals surface area contributed by atoms with Gasteiger partial charge in [-0.3, -0.25) is 10.1 Å². The van der Waals surface area contributed by atoms with Crippen LogP contribution in [0.2, 0.25) is 0 Å². The fourth-order valence-corrected chi connectivity index (χ4v) is 1.19. The number of hydrogen-bond donors (Lipinski definition) is 0. The predicted molar refractivity (Wildman–Crippen MR) is 52.1 cm³/mol. The molecule has 0 aliphatic carbocycles. The van der Waals surface area contributed by atoms with Gasteiger partial charge in [-0.1, -0.05) is 24.3 Å². The Kier molecular flexibility index (Phi) is 3.12. The second-order valence-electron chi connectivity index (χ2n) is 2.71. The number of benzene rings is 1. The average Bonchev–Trinajstić information content (AvgIpc) is 2.20. The molecule has 4 heteroatoms. The second kappa shape index (κ2) is 4.32. The molecule has 14 heavy (non-hydrogen) atoms. The molecule has 0 aliphatic heterocycles. The van der Waals surface area contributed by atoms with Crippen molar-refractivity contribution in [1.29, 1.82) is 0 Å². The van der Waals surface area contributed by atoms with Crippen molar-refractivity contribution >= 4 is 12.0 Å². The maximum Gasteiger partial charge on any atom is 0.273 e. The zero-order valence-electron chi connectivity index (χ0n) is 7.42. The second-order valence-corrected chi connectivity index (χ2v) is 2.71. The lowest BCUT2D eigenvalue weighted by Crippen LogP contribution is -2.01. The van der Waals surface area contributed by atoms with Gasteiger partial charge in [-0.25, -0.2) is 0 Å². The van der Waals surface area contributed by atoms with E-state index in [1.165, 1.54) is 12.1 Å². The molecule has 0 amide bonds. The normalized spacial score (nSPS) is 11.7. The Balaban J connectivity index is 3.24. The minimum atomic E-state index is -0.614. The first-order valence-electron chi connectivity index (χ1n) is 4.02. The number of rotatable bonds is 4. The van der Waals surface area contributed by atoms with Gasteiger partial charge in [-0.05, 0) is 0 Å². The Morgan fingerprint density at radius 3 is 2.57 bits per heavy atom. The summed E-state index contributed by atoms with van der Waals surface area (Å²) in [5, 5.41) is 10.6. The molecule has 0 N–H and O–H groups in total. The van der Waals surface area contributed by atoms with Gasteiger partial charge in [0.15, 0.2) is 0 Å². The molecule has 1 aromatic rings. The van der Waals surface area contributed by atoms with Gasteiger partial charge in [0.25, 0.3) is 5.69 Å². The van der Waals surface area contributed by atoms with Gasteiger partial charge in [-0.15, -0.1) is 6.58 Å². The molecule has 4 nitrogen and oxygen atoms in total. The summed E-state index contributed by atoms with van der Waals surface area (Å²) in [5.74, 6) is -0.614. The van der Waals surface area contributed by atoms with E-state index in [0.717, 1.165) is 0 Å². The minimum absolute atomic E-state index is 0.0514. The molecule has 1 rings (SSSR count). The van der Waals surface area contributed by atoms with E-state index in [1.54, 1.807) is 18.2 Å². The van der Waals surface area contributed by atoms with Crippen molar-refractivity contribution in [3.8, 4) is 0 Å². The standard InChI is InChI=1S/C10H9NO3/c1-2-8(7-12)9-5-3-4-6-10(9)11(13)14/h2-8H,1H2. The van der Waals surface area contributed by atoms with E-state index >= 15 is 0 Å². The number of allylic oxidation sites excluding steroid dienone is 1. The van der Waals surface area contributed by atoms with E-state index in [-0.39, 0.29) is 5.69 Å². The Hall–Kier alpha value is -1.97. The SMILES string of the molecule is C=CC(C=O)c1ccccc1[N+](=O)[O-]. The summed E-state index contributed by atoms with van der Waals surface area (Å²) in [7, 11) is 0. The highest BCUT2D eigenvalue weighted by Gasteiger charge is 2.18. The quantitative estimate of drug-likeness (QED) is 0.317. The Bertz CT molecular complexity index is 365. The highest BCUT2D eigenvalue weighted by molar-refractivity contribution is 5.68. The van der Waals surface area contributed by atoms with Crippen molar-refractivity contribution < 1.29 is 9.72 Å². The van der Waals surface area contributed by atoms with E-state index in [9.17, 15) is 14.9 Å². The molecule has 0 heterocycles. The highest BCUT2D eigenvalue weighted by Crippen LogP contribution is 2.25. The fourth-order valence-electron chi connectivity index (χ4n) is 1.19. The summed E-state index contributed by atoms with van der Waals surface area (Å²) in [6, 6.07) is 6.14. The largest absolute Gasteiger partial charge is 0.302 e. The zero-order valence-corrected chi connectivity index (χ0v) is 7.42. The Morgan fingerprint density at radius 1 is 1.43 bits per heavy atom. The molecule has 0 aromatic heterocycles. The molecule has 1 atom stereocenters. The summed E-state index contributed by atoms with van der Waals surface area (Å²) in [6.45, 7) is 3.45. The smallest absolute Gasteiger partial charge is 0.273 e. The molecule has 0 radical (unpaired) electrons. The summed E-state index contributed by atoms with van der Waals surface area (Å²) in [5.41, 5.74) is 0.326. The number of nitrogens with zero attached hydrogens (tertiary/aromatic N) is 1. The highest BCUT2D eigenvalue weighted by atomic mass is 16.6. The van der Waals surface area contributed by atoms with E-state index in [0.29, 0.717) is 11.8 Å². The molecule has 0 spiro atoms. The molecule has 0 saturated heterocycles. The van der Waals surface area contributed by atoms with Crippen LogP contribution in [0.25, 0.3) is 0 Å². The van der Waals surface area contributed by atoms with Crippen LogP contribution < -0.4 is 0 Å². The van der Waals surface area contributed by atoms with Gasteiger partial charge in [0, 0.05) is 11.6 Å². The first-order valence-corrected chi connectivity index (χ1v) is 4.02. The number of aldehydes is 1. The maximum atomic E-state index is 10.6. The number of carbonyl (C=O) groups excluding carboxylic acids is 1. The van der Waals surface area contributed by atoms with Gasteiger partial charge < -0.3 is 4.79 Å². The van der Waals surface area contributed by atoms with Crippen LogP contribution in [0, 0.1) is 10.1 Å². The number of carbonyl (C=O) groups is 1. The van der Waals surface area contributed by atoms with Crippen LogP contribution in [0.1, 0.15) is 11.5 Å². The first-order chi connectivity index (χ1) is 6.70. The van der Waals surface area contributed by atoms with Crippen LogP contribution in [-0.2, 0) is 4.79 Å². The Labute approximate surface area is 81.0 Å². The summed E-state index contributed by atoms with van der Waals surface area (Å²) < 4.78 is 0. The minimum Gasteiger partial charge on any atom is -0.302 e. The maximum absolute atomic E-state index is 10.6. The lowest BCUT2D eigenvalue weighted by atomic mass is 9.99. The fraction of sp³-hybridized carbons (Fsp3) is 0.100. The van der Waals surface area contributed by atoms with Crippen molar-refractivity contribution in [2.45, 2.75) is 5.92 Å². The van der Waals surface area contributed by atoms with Crippen molar-refractivity contribution in [3.05, 3.63) is 52.6 Å². The summed E-state index contributed by atoms with van der Waals surface area (Å²) >= 11 is 0. The van der Waals surface area contributed by atoms with Crippen LogP contribution in [-0.4, -0.2) is 11.2 Å². The lowest BCUT2D eigenvalue weighted by Gasteiger charge is -2.04. The molecule has 72 valence electrons. The molecular weight excluding hydrogens is 182 g/mol. The number of nitro groups is 1. The molecule has 0 aliphatic rings. The predicted octanol–water partition coefficient (Wildman–Crippen LogP) is 2.06. The van der Waals surface area contributed by atoms with Gasteiger partial charge in [-0.2, -0.15) is 0 Å². The molecular formula is C10H9NO3. The zero-order chi connectivity index (χ0) is 10.6. The third-order valence-electron chi connectivity index (χ3n) is 1.89. The van der Waals surface area contributed by atoms with Gasteiger partial charge in [0.2, 0.25) is 0 Å². The molecule has 1 aromatic carbocycles. The number of para-hydroxylation sites is 1. The van der Waals surface area contributed by atoms with E-state index in [1.807, 2.05) is 0 Å². The molecule has 0 fully saturated rings. The molecule has 0 bridgehead atoms. The van der Waals surface area contributed by atoms with E-state index in [4.69, 9.17) is 0 Å². The third-order valence-corrected chi connectivity index (χ3v) is 1.89. The van der Waals surface area contributed by atoms with Gasteiger partial charge in [0.05, 0.1) is 10.8 Å². The van der Waals surface area contributed by atoms with Crippen molar-refractivity contribution in [2.24, 2.45) is 0 Å². The van der Waals surface area contributed by atoms with Crippen LogP contribution >= 0.6 is 0 Å². The van der Waals surface area contributed by atoms with Crippen molar-refractivity contribution in [3.63, 3.8) is 0 Å². The van der Waals surface area contributed by atoms with Crippen LogP contribution in [0.5, 0.6) is 0 Å². The first kappa shape index (κ1) is 10.1. The Morgan fingerprint density at radius 2 is 2.07 bits per heavy atom. The van der Waals surface area contributed by atoms with Crippen LogP contribution in [0.4, 0.5) is 5.69 Å². The molecule has 0 saturated carbocycles. The van der Waals surface area contributed by atoms with Gasteiger partial charge in [0.1, 0.15) is 6.29 Å². The lowest BCUT2D eigenvalue weighted by molar-refractivity contribution is -0.385. The van der Waals surface area contributed by atoms with Crippen LogP contribution in [0.3, 0.4) is 0 Å². The molecule has 1 unspecified atom stereocenters. The topological polar surface area (TPSA) is 60.2 Å². The van der Waals surface area contributed by atoms with Gasteiger partial charge >= 0.3 is 0 Å². The summed E-state index contributed by atoms with van der Waals surface area (Å²) in [6.07, 6.45) is 2.02. The number of hydrogen-bond acceptors (Lipinski definition) is 3. The summed E-state index contributed by atoms with van der Waals surface area (Å²) in [4.78, 5) is 20.7. The third kappa shape index (κ3) is 1.85. The van der Waals surface area contributed by atoms with E-state index in [2.05, 4.69) is 6.58 Å². The van der Waals surface area contributed by atoms with Crippen molar-refractivity contribution in [2.75, 3.05) is 0 Å².